The van der Waals surface area contributed by atoms with Crippen molar-refractivity contribution in [1.29, 1.82) is 0 Å². The average molecular weight is 524 g/mol. The van der Waals surface area contributed by atoms with Gasteiger partial charge < -0.3 is 4.98 Å². The lowest BCUT2D eigenvalue weighted by Crippen LogP contribution is -2.00. The second-order valence-corrected chi connectivity index (χ2v) is 9.54. The number of nitrogens with one attached hydrogen (secondary N) is 1. The van der Waals surface area contributed by atoms with Crippen molar-refractivity contribution in [3.05, 3.63) is 57.0 Å². The second-order valence-electron chi connectivity index (χ2n) is 5.72. The molecule has 0 spiro atoms. The summed E-state index contributed by atoms with van der Waals surface area (Å²) in [4.78, 5) is 6.00. The van der Waals surface area contributed by atoms with Gasteiger partial charge in [-0.05, 0) is 30.3 Å². The van der Waals surface area contributed by atoms with Gasteiger partial charge in [0.15, 0.2) is 15.7 Å². The first-order valence-corrected chi connectivity index (χ1v) is 10.9. The summed E-state index contributed by atoms with van der Waals surface area (Å²) >= 11 is 6.66. The standard InChI is InChI=1S/C17H11Br2F3N2O2S/c1-27(25,26)13-3-2-8(6-12(13)20)14-15(24-17(23-14)16(21)22)9-4-10(18)7-11(19)5-9/h2-7,16H,1H3,(H,23,24). The molecule has 0 unspecified atom stereocenters. The van der Waals surface area contributed by atoms with Crippen LogP contribution < -0.4 is 0 Å². The Kier molecular flexibility index (Phi) is 5.51. The molecule has 0 aliphatic heterocycles. The number of benzene rings is 2. The third kappa shape index (κ3) is 4.27. The van der Waals surface area contributed by atoms with Gasteiger partial charge in [-0.2, -0.15) is 0 Å². The number of aromatic amines is 1. The number of rotatable bonds is 4. The van der Waals surface area contributed by atoms with Crippen LogP contribution in [0.25, 0.3) is 22.5 Å². The van der Waals surface area contributed by atoms with Gasteiger partial charge in [0.2, 0.25) is 0 Å². The lowest BCUT2D eigenvalue weighted by Gasteiger charge is -2.07. The highest BCUT2D eigenvalue weighted by atomic mass is 79.9. The lowest BCUT2D eigenvalue weighted by atomic mass is 10.1. The monoisotopic (exact) mass is 522 g/mol. The van der Waals surface area contributed by atoms with Crippen LogP contribution in [0.4, 0.5) is 13.2 Å². The molecule has 142 valence electrons. The van der Waals surface area contributed by atoms with Crippen molar-refractivity contribution >= 4 is 41.7 Å². The average Bonchev–Trinajstić information content (AvgIpc) is 2.98. The molecular formula is C17H11Br2F3N2O2S. The van der Waals surface area contributed by atoms with Gasteiger partial charge >= 0.3 is 0 Å². The molecule has 1 aromatic heterocycles. The largest absolute Gasteiger partial charge is 0.337 e. The molecule has 0 atom stereocenters. The quantitative estimate of drug-likeness (QED) is 0.473. The zero-order valence-corrected chi connectivity index (χ0v) is 17.6. The molecule has 0 aliphatic carbocycles. The first kappa shape index (κ1) is 20.1. The molecule has 0 saturated heterocycles. The van der Waals surface area contributed by atoms with E-state index in [9.17, 15) is 21.6 Å². The summed E-state index contributed by atoms with van der Waals surface area (Å²) in [6.07, 6.45) is -1.97. The molecule has 1 N–H and O–H groups in total. The fraction of sp³-hybridized carbons (Fsp3) is 0.118. The van der Waals surface area contributed by atoms with E-state index in [0.717, 1.165) is 18.4 Å². The molecule has 4 nitrogen and oxygen atoms in total. The summed E-state index contributed by atoms with van der Waals surface area (Å²) < 4.78 is 65.2. The lowest BCUT2D eigenvalue weighted by molar-refractivity contribution is 0.141. The minimum Gasteiger partial charge on any atom is -0.337 e. The molecule has 27 heavy (non-hydrogen) atoms. The van der Waals surface area contributed by atoms with Crippen LogP contribution in [0.5, 0.6) is 0 Å². The minimum atomic E-state index is -3.75. The molecule has 0 aliphatic rings. The van der Waals surface area contributed by atoms with Gasteiger partial charge in [-0.3, -0.25) is 0 Å². The smallest absolute Gasteiger partial charge is 0.295 e. The van der Waals surface area contributed by atoms with Crippen molar-refractivity contribution in [2.24, 2.45) is 0 Å². The number of hydrogen-bond donors (Lipinski definition) is 1. The van der Waals surface area contributed by atoms with Crippen molar-refractivity contribution in [2.45, 2.75) is 11.3 Å². The van der Waals surface area contributed by atoms with Gasteiger partial charge in [0.1, 0.15) is 10.7 Å². The summed E-state index contributed by atoms with van der Waals surface area (Å²) in [7, 11) is -3.75. The number of nitrogens with zero attached hydrogens (tertiary/aromatic N) is 1. The summed E-state index contributed by atoms with van der Waals surface area (Å²) in [5.41, 5.74) is 1.07. The number of sulfone groups is 1. The van der Waals surface area contributed by atoms with E-state index in [0.29, 0.717) is 14.5 Å². The third-order valence-electron chi connectivity index (χ3n) is 3.68. The maximum atomic E-state index is 14.3. The molecule has 10 heteroatoms. The molecule has 0 radical (unpaired) electrons. The van der Waals surface area contributed by atoms with Crippen LogP contribution in [-0.4, -0.2) is 24.6 Å². The zero-order valence-electron chi connectivity index (χ0n) is 13.6. The van der Waals surface area contributed by atoms with Gasteiger partial charge in [0.25, 0.3) is 6.43 Å². The van der Waals surface area contributed by atoms with Crippen LogP contribution in [0.15, 0.2) is 50.2 Å². The fourth-order valence-corrected chi connectivity index (χ4v) is 4.58. The van der Waals surface area contributed by atoms with Crippen molar-refractivity contribution in [3.63, 3.8) is 0 Å². The highest BCUT2D eigenvalue weighted by Gasteiger charge is 2.22. The van der Waals surface area contributed by atoms with Crippen molar-refractivity contribution in [3.8, 4) is 22.5 Å². The molecular weight excluding hydrogens is 513 g/mol. The Morgan fingerprint density at radius 2 is 1.67 bits per heavy atom. The second kappa shape index (κ2) is 7.40. The highest BCUT2D eigenvalue weighted by Crippen LogP contribution is 2.36. The molecule has 3 rings (SSSR count). The molecule has 3 aromatic rings. The predicted molar refractivity (Wildman–Crippen MR) is 103 cm³/mol. The molecule has 1 heterocycles. The summed E-state index contributed by atoms with van der Waals surface area (Å²) in [6.45, 7) is 0. The van der Waals surface area contributed by atoms with Gasteiger partial charge in [0, 0.05) is 26.3 Å². The van der Waals surface area contributed by atoms with E-state index in [1.807, 2.05) is 0 Å². The first-order chi connectivity index (χ1) is 12.6. The predicted octanol–water partition coefficient (Wildman–Crippen LogP) is 5.75. The Morgan fingerprint density at radius 1 is 1.04 bits per heavy atom. The van der Waals surface area contributed by atoms with Crippen molar-refractivity contribution in [2.75, 3.05) is 6.26 Å². The number of halogens is 5. The fourth-order valence-electron chi connectivity index (χ4n) is 2.56. The van der Waals surface area contributed by atoms with Crippen LogP contribution >= 0.6 is 31.9 Å². The van der Waals surface area contributed by atoms with E-state index < -0.39 is 32.8 Å². The topological polar surface area (TPSA) is 62.8 Å². The molecule has 0 saturated carbocycles. The first-order valence-electron chi connectivity index (χ1n) is 7.41. The van der Waals surface area contributed by atoms with E-state index in [2.05, 4.69) is 41.8 Å². The normalized spacial score (nSPS) is 12.0. The van der Waals surface area contributed by atoms with Crippen LogP contribution in [0.2, 0.25) is 0 Å². The van der Waals surface area contributed by atoms with Gasteiger partial charge in [-0.1, -0.05) is 37.9 Å². The number of H-pyrrole nitrogens is 1. The van der Waals surface area contributed by atoms with Crippen LogP contribution in [0, 0.1) is 5.82 Å². The van der Waals surface area contributed by atoms with Crippen molar-refractivity contribution in [1.82, 2.24) is 9.97 Å². The molecule has 0 amide bonds. The number of alkyl halides is 2. The van der Waals surface area contributed by atoms with Gasteiger partial charge in [-0.25, -0.2) is 26.6 Å². The number of hydrogen-bond acceptors (Lipinski definition) is 3. The number of aromatic nitrogens is 2. The Morgan fingerprint density at radius 3 is 2.19 bits per heavy atom. The van der Waals surface area contributed by atoms with E-state index >= 15 is 0 Å². The SMILES string of the molecule is CS(=O)(=O)c1ccc(-c2nc(C(F)F)[nH]c2-c2cc(Br)cc(Br)c2)cc1F. The molecule has 2 aromatic carbocycles. The van der Waals surface area contributed by atoms with E-state index in [-0.39, 0.29) is 17.0 Å². The van der Waals surface area contributed by atoms with Crippen LogP contribution in [-0.2, 0) is 9.84 Å². The Balaban J connectivity index is 2.22. The maximum absolute atomic E-state index is 14.3. The van der Waals surface area contributed by atoms with Gasteiger partial charge in [-0.15, -0.1) is 0 Å². The zero-order chi connectivity index (χ0) is 19.9. The van der Waals surface area contributed by atoms with Crippen LogP contribution in [0.1, 0.15) is 12.2 Å². The third-order valence-corrected chi connectivity index (χ3v) is 5.73. The van der Waals surface area contributed by atoms with Crippen LogP contribution in [0.3, 0.4) is 0 Å². The maximum Gasteiger partial charge on any atom is 0.295 e. The van der Waals surface area contributed by atoms with E-state index in [1.54, 1.807) is 18.2 Å². The summed E-state index contributed by atoms with van der Waals surface area (Å²) in [6, 6.07) is 8.56. The van der Waals surface area contributed by atoms with Gasteiger partial charge in [0.05, 0.1) is 11.4 Å². The Hall–Kier alpha value is -1.65. The van der Waals surface area contributed by atoms with Crippen molar-refractivity contribution < 1.29 is 21.6 Å². The minimum absolute atomic E-state index is 0.0919. The molecule has 0 fully saturated rings. The number of imidazole rings is 1. The molecule has 0 bridgehead atoms. The Labute approximate surface area is 170 Å². The summed E-state index contributed by atoms with van der Waals surface area (Å²) in [5.74, 6) is -1.54. The Bertz CT molecular complexity index is 1110. The highest BCUT2D eigenvalue weighted by molar-refractivity contribution is 9.11. The summed E-state index contributed by atoms with van der Waals surface area (Å²) in [5, 5.41) is 0. The van der Waals surface area contributed by atoms with E-state index in [4.69, 9.17) is 0 Å². The van der Waals surface area contributed by atoms with E-state index in [1.165, 1.54) is 6.07 Å².